The molecule has 0 radical (unpaired) electrons. The van der Waals surface area contributed by atoms with Crippen molar-refractivity contribution in [2.45, 2.75) is 18.8 Å². The fourth-order valence-electron chi connectivity index (χ4n) is 0.245. The number of amides is 2. The molecule has 6 N–H and O–H groups in total. The van der Waals surface area contributed by atoms with Gasteiger partial charge in [-0.2, -0.15) is 0 Å². The van der Waals surface area contributed by atoms with Crippen LogP contribution in [0.2, 0.25) is 0 Å². The maximum atomic E-state index is 10.7. The quantitative estimate of drug-likeness (QED) is 0.402. The zero-order valence-electron chi connectivity index (χ0n) is 12.9. The number of carbonyl (C=O) groups excluding carboxylic acids is 1. The second-order valence-electron chi connectivity index (χ2n) is 1.58. The lowest BCUT2D eigenvalue weighted by molar-refractivity contribution is -0.138. The van der Waals surface area contributed by atoms with Crippen molar-refractivity contribution in [1.29, 1.82) is 0 Å². The van der Waals surface area contributed by atoms with E-state index in [1.54, 1.807) is 0 Å². The Bertz CT molecular complexity index is 398. The first-order chi connectivity index (χ1) is 8.11. The van der Waals surface area contributed by atoms with E-state index in [9.17, 15) is 9.59 Å². The minimum absolute atomic E-state index is 1.30. The molecule has 6 nitrogen and oxygen atoms in total. The summed E-state index contributed by atoms with van der Waals surface area (Å²) < 4.78 is 51.0. The first-order valence-electron chi connectivity index (χ1n) is 6.21. The summed E-state index contributed by atoms with van der Waals surface area (Å²) in [6.45, 7) is -3.39. The smallest absolute Gasteiger partial charge is 0.320 e. The highest BCUT2D eigenvalue weighted by Crippen LogP contribution is 1.92. The van der Waals surface area contributed by atoms with Crippen LogP contribution in [0.3, 0.4) is 0 Å². The van der Waals surface area contributed by atoms with Crippen LogP contribution < -0.4 is 16.8 Å². The zero-order valence-corrected chi connectivity index (χ0v) is 5.92. The van der Waals surface area contributed by atoms with E-state index in [0.717, 1.165) is 0 Å². The number of hydrogen-bond acceptors (Lipinski definition) is 3. The highest BCUT2D eigenvalue weighted by atomic mass is 16.4. The first-order valence-corrected chi connectivity index (χ1v) is 2.71. The average molecular weight is 183 g/mol. The van der Waals surface area contributed by atoms with E-state index in [2.05, 4.69) is 5.73 Å². The molecule has 0 heterocycles. The number of carbonyl (C=O) groups is 2. The summed E-state index contributed by atoms with van der Waals surface area (Å²) in [6, 6.07) is -4.98. The zero-order chi connectivity index (χ0) is 15.9. The molecule has 0 aromatic carbocycles. The minimum atomic E-state index is -3.68. The molecule has 0 saturated carbocycles. The van der Waals surface area contributed by atoms with Crippen LogP contribution >= 0.6 is 0 Å². The van der Waals surface area contributed by atoms with Crippen molar-refractivity contribution in [2.75, 3.05) is 6.50 Å². The lowest BCUT2D eigenvalue weighted by Crippen LogP contribution is -2.33. The van der Waals surface area contributed by atoms with Gasteiger partial charge in [0.15, 0.2) is 0 Å². The van der Waals surface area contributed by atoms with Gasteiger partial charge in [0, 0.05) is 14.7 Å². The highest BCUT2D eigenvalue weighted by Gasteiger charge is 2.09. The van der Waals surface area contributed by atoms with E-state index >= 15 is 0 Å². The number of urea groups is 1. The van der Waals surface area contributed by atoms with Gasteiger partial charge in [-0.25, -0.2) is 4.79 Å². The monoisotopic (exact) mass is 183 g/mol. The van der Waals surface area contributed by atoms with Gasteiger partial charge in [-0.05, 0) is 12.7 Å². The summed E-state index contributed by atoms with van der Waals surface area (Å²) in [6.07, 6.45) is -7.33. The maximum Gasteiger partial charge on any atom is 0.320 e. The molecule has 12 heavy (non-hydrogen) atoms. The summed E-state index contributed by atoms with van der Waals surface area (Å²) in [7, 11) is 0. The Morgan fingerprint density at radius 1 is 1.75 bits per heavy atom. The van der Waals surface area contributed by atoms with Crippen LogP contribution in [0.4, 0.5) is 4.79 Å². The number of primary amides is 1. The molecule has 0 aliphatic carbocycles. The molecule has 0 bridgehead atoms. The predicted molar refractivity (Wildman–Crippen MR) is 42.4 cm³/mol. The van der Waals surface area contributed by atoms with E-state index in [1.165, 1.54) is 5.32 Å². The number of aliphatic carboxylic acids is 1. The fourth-order valence-corrected chi connectivity index (χ4v) is 0.245. The van der Waals surface area contributed by atoms with Crippen molar-refractivity contribution in [3.63, 3.8) is 0 Å². The van der Waals surface area contributed by atoms with E-state index < -0.39 is 37.3 Å². The van der Waals surface area contributed by atoms with Gasteiger partial charge in [0.1, 0.15) is 6.02 Å². The van der Waals surface area contributed by atoms with E-state index in [0.29, 0.717) is 0 Å². The summed E-state index contributed by atoms with van der Waals surface area (Å²) in [5, 5.41) is 9.94. The third-order valence-electron chi connectivity index (χ3n) is 0.676. The highest BCUT2D eigenvalue weighted by molar-refractivity contribution is 5.73. The third kappa shape index (κ3) is 5.48. The van der Waals surface area contributed by atoms with Crippen LogP contribution in [-0.4, -0.2) is 29.6 Å². The number of carboxylic acid groups (broad SMARTS) is 1. The second kappa shape index (κ2) is 5.36. The first kappa shape index (κ1) is 3.61. The van der Waals surface area contributed by atoms with Crippen molar-refractivity contribution >= 4 is 12.0 Å². The molecular weight excluding hydrogens is 163 g/mol. The van der Waals surface area contributed by atoms with Crippen LogP contribution in [0.15, 0.2) is 0 Å². The molecule has 70 valence electrons. The van der Waals surface area contributed by atoms with Crippen LogP contribution in [-0.2, 0) is 4.79 Å². The third-order valence-corrected chi connectivity index (χ3v) is 0.676. The van der Waals surface area contributed by atoms with Crippen LogP contribution in [0, 0.1) is 0 Å². The predicted octanol–water partition coefficient (Wildman–Crippen LogP) is -1.15. The van der Waals surface area contributed by atoms with Gasteiger partial charge in [0.2, 0.25) is 0 Å². The fraction of sp³-hybridized carbons (Fsp3) is 0.667. The standard InChI is InChI=1S/C6H13N3O3/c7-4(5(10)11)2-1-3-9-6(8)12/h4H,1-3,7H2,(H,10,11)(H3,8,9,12)/i1+1D2,2D2,3D2,4D. The van der Waals surface area contributed by atoms with Crippen LogP contribution in [0.5, 0.6) is 0 Å². The molecule has 2 amide bonds. The lowest BCUT2D eigenvalue weighted by atomic mass is 10.3. The SMILES string of the molecule is [2H]C(N)(C(=O)O)C([2H])([2H])[13C]([2H])([2H])C([2H])([2H])NC(N)=O. The van der Waals surface area contributed by atoms with E-state index in [1.807, 2.05) is 0 Å². The number of carboxylic acids is 1. The largest absolute Gasteiger partial charge is 0.480 e. The van der Waals surface area contributed by atoms with Crippen molar-refractivity contribution in [3.05, 3.63) is 0 Å². The molecule has 0 spiro atoms. The Morgan fingerprint density at radius 3 is 2.75 bits per heavy atom. The van der Waals surface area contributed by atoms with Gasteiger partial charge < -0.3 is 21.9 Å². The molecule has 0 aliphatic rings. The number of nitrogens with two attached hydrogens (primary N) is 2. The molecular formula is C6H13N3O3. The molecule has 1 unspecified atom stereocenters. The average Bonchev–Trinajstić information content (AvgIpc) is 2.14. The molecule has 0 saturated heterocycles. The van der Waals surface area contributed by atoms with Gasteiger partial charge in [0.05, 0.1) is 1.37 Å². The van der Waals surface area contributed by atoms with Gasteiger partial charge in [-0.3, -0.25) is 4.79 Å². The molecule has 0 aromatic heterocycles. The summed E-state index contributed by atoms with van der Waals surface area (Å²) in [5.41, 5.74) is 9.51. The van der Waals surface area contributed by atoms with Crippen molar-refractivity contribution in [3.8, 4) is 0 Å². The topological polar surface area (TPSA) is 118 Å². The normalized spacial score (nSPS) is 26.9. The van der Waals surface area contributed by atoms with Crippen LogP contribution in [0.25, 0.3) is 0 Å². The Balaban J connectivity index is 5.75. The van der Waals surface area contributed by atoms with Gasteiger partial charge >= 0.3 is 12.0 Å². The Morgan fingerprint density at radius 2 is 2.33 bits per heavy atom. The van der Waals surface area contributed by atoms with E-state index in [4.69, 9.17) is 20.4 Å². The molecule has 1 atom stereocenters. The number of hydrogen-bond donors (Lipinski definition) is 4. The second-order valence-corrected chi connectivity index (χ2v) is 1.58. The lowest BCUT2D eigenvalue weighted by Gasteiger charge is -2.05. The van der Waals surface area contributed by atoms with Crippen LogP contribution in [0.1, 0.15) is 22.3 Å². The van der Waals surface area contributed by atoms with Gasteiger partial charge in [-0.1, -0.05) is 0 Å². The number of nitrogens with one attached hydrogen (secondary N) is 1. The summed E-state index contributed by atoms with van der Waals surface area (Å²) >= 11 is 0. The molecule has 0 aromatic rings. The summed E-state index contributed by atoms with van der Waals surface area (Å²) in [5.74, 6) is -2.20. The van der Waals surface area contributed by atoms with Crippen molar-refractivity contribution in [2.24, 2.45) is 11.5 Å². The van der Waals surface area contributed by atoms with Gasteiger partial charge in [0.25, 0.3) is 0 Å². The molecule has 0 aliphatic heterocycles. The van der Waals surface area contributed by atoms with Crippen molar-refractivity contribution < 1.29 is 24.3 Å². The Hall–Kier alpha value is -1.30. The molecule has 6 heteroatoms. The minimum Gasteiger partial charge on any atom is -0.480 e. The van der Waals surface area contributed by atoms with E-state index in [-0.39, 0.29) is 0 Å². The van der Waals surface area contributed by atoms with Crippen molar-refractivity contribution in [1.82, 2.24) is 5.32 Å². The van der Waals surface area contributed by atoms with Gasteiger partial charge in [-0.15, -0.1) is 0 Å². The molecule has 0 fully saturated rings. The Kier molecular flexibility index (Phi) is 1.61. The summed E-state index contributed by atoms with van der Waals surface area (Å²) in [4.78, 5) is 21.3. The number of rotatable bonds is 5. The molecule has 0 rings (SSSR count). The Labute approximate surface area is 79.7 Å². The maximum absolute atomic E-state index is 10.7.